The minimum absolute atomic E-state index is 0.181. The van der Waals surface area contributed by atoms with Crippen molar-refractivity contribution in [1.82, 2.24) is 9.80 Å². The molecule has 0 saturated carbocycles. The van der Waals surface area contributed by atoms with Gasteiger partial charge in [0.15, 0.2) is 0 Å². The van der Waals surface area contributed by atoms with Gasteiger partial charge < -0.3 is 20.3 Å². The van der Waals surface area contributed by atoms with E-state index in [2.05, 4.69) is 22.6 Å². The van der Waals surface area contributed by atoms with Gasteiger partial charge in [-0.25, -0.2) is 0 Å². The van der Waals surface area contributed by atoms with Crippen molar-refractivity contribution in [3.63, 3.8) is 0 Å². The van der Waals surface area contributed by atoms with Gasteiger partial charge in [0.25, 0.3) is 0 Å². The van der Waals surface area contributed by atoms with Gasteiger partial charge in [-0.1, -0.05) is 19.3 Å². The molecule has 1 unspecified atom stereocenters. The summed E-state index contributed by atoms with van der Waals surface area (Å²) in [6.45, 7) is 9.01. The Morgan fingerprint density at radius 1 is 1.40 bits per heavy atom. The standard InChI is InChI=1S/C16H31N3O/c1-4-15-6-8-19(9-7-15)11-13-20-12-10-18(3)14-16(17)5-2/h2,15-16H,4,6-14,17H2,1,3H3. The van der Waals surface area contributed by atoms with Crippen LogP contribution in [0, 0.1) is 18.3 Å². The Balaban J connectivity index is 1.96. The minimum Gasteiger partial charge on any atom is -0.379 e. The van der Waals surface area contributed by atoms with Crippen LogP contribution in [0.15, 0.2) is 0 Å². The molecule has 0 radical (unpaired) electrons. The first kappa shape index (κ1) is 17.5. The van der Waals surface area contributed by atoms with Gasteiger partial charge in [0.05, 0.1) is 19.3 Å². The lowest BCUT2D eigenvalue weighted by atomic mass is 9.94. The largest absolute Gasteiger partial charge is 0.379 e. The van der Waals surface area contributed by atoms with Crippen molar-refractivity contribution < 1.29 is 4.74 Å². The summed E-state index contributed by atoms with van der Waals surface area (Å²) >= 11 is 0. The summed E-state index contributed by atoms with van der Waals surface area (Å²) in [5.74, 6) is 3.48. The molecule has 0 amide bonds. The Hall–Kier alpha value is -0.600. The van der Waals surface area contributed by atoms with Gasteiger partial charge in [0.1, 0.15) is 0 Å². The molecule has 0 aromatic heterocycles. The highest BCUT2D eigenvalue weighted by atomic mass is 16.5. The van der Waals surface area contributed by atoms with Crippen LogP contribution in [0.5, 0.6) is 0 Å². The molecule has 116 valence electrons. The van der Waals surface area contributed by atoms with Gasteiger partial charge in [-0.05, 0) is 38.9 Å². The Labute approximate surface area is 124 Å². The Morgan fingerprint density at radius 3 is 2.70 bits per heavy atom. The predicted molar refractivity (Wildman–Crippen MR) is 84.6 cm³/mol. The molecule has 1 fully saturated rings. The van der Waals surface area contributed by atoms with Crippen molar-refractivity contribution >= 4 is 0 Å². The second-order valence-electron chi connectivity index (χ2n) is 5.84. The minimum atomic E-state index is -0.181. The number of terminal acetylenes is 1. The van der Waals surface area contributed by atoms with Gasteiger partial charge in [-0.2, -0.15) is 0 Å². The van der Waals surface area contributed by atoms with E-state index in [-0.39, 0.29) is 6.04 Å². The summed E-state index contributed by atoms with van der Waals surface area (Å²) in [4.78, 5) is 4.64. The van der Waals surface area contributed by atoms with Crippen LogP contribution < -0.4 is 5.73 Å². The van der Waals surface area contributed by atoms with E-state index in [9.17, 15) is 0 Å². The quantitative estimate of drug-likeness (QED) is 0.506. The number of nitrogens with two attached hydrogens (primary N) is 1. The number of likely N-dealkylation sites (tertiary alicyclic amines) is 1. The lowest BCUT2D eigenvalue weighted by Crippen LogP contribution is -2.37. The fraction of sp³-hybridized carbons (Fsp3) is 0.875. The molecule has 0 aromatic rings. The van der Waals surface area contributed by atoms with Gasteiger partial charge in [-0.3, -0.25) is 0 Å². The van der Waals surface area contributed by atoms with Crippen LogP contribution >= 0.6 is 0 Å². The number of nitrogens with zero attached hydrogens (tertiary/aromatic N) is 2. The highest BCUT2D eigenvalue weighted by Gasteiger charge is 2.16. The number of hydrogen-bond acceptors (Lipinski definition) is 4. The number of hydrogen-bond donors (Lipinski definition) is 1. The van der Waals surface area contributed by atoms with Crippen LogP contribution in [0.4, 0.5) is 0 Å². The molecule has 1 aliphatic rings. The number of rotatable bonds is 9. The van der Waals surface area contributed by atoms with Crippen molar-refractivity contribution in [3.8, 4) is 12.3 Å². The Morgan fingerprint density at radius 2 is 2.10 bits per heavy atom. The lowest BCUT2D eigenvalue weighted by molar-refractivity contribution is 0.0764. The van der Waals surface area contributed by atoms with Crippen LogP contribution in [-0.4, -0.2) is 68.8 Å². The van der Waals surface area contributed by atoms with Crippen LogP contribution in [0.2, 0.25) is 0 Å². The number of likely N-dealkylation sites (N-methyl/N-ethyl adjacent to an activating group) is 1. The fourth-order valence-corrected chi connectivity index (χ4v) is 2.61. The average molecular weight is 281 g/mol. The molecule has 1 heterocycles. The molecule has 1 rings (SSSR count). The Kier molecular flexibility index (Phi) is 8.88. The molecule has 0 spiro atoms. The maximum atomic E-state index is 5.70. The van der Waals surface area contributed by atoms with E-state index in [4.69, 9.17) is 16.9 Å². The summed E-state index contributed by atoms with van der Waals surface area (Å²) in [6.07, 6.45) is 9.29. The monoisotopic (exact) mass is 281 g/mol. The van der Waals surface area contributed by atoms with Gasteiger partial charge in [-0.15, -0.1) is 6.42 Å². The topological polar surface area (TPSA) is 41.7 Å². The van der Waals surface area contributed by atoms with E-state index < -0.39 is 0 Å². The summed E-state index contributed by atoms with van der Waals surface area (Å²) in [7, 11) is 2.02. The van der Waals surface area contributed by atoms with E-state index in [0.29, 0.717) is 0 Å². The Bertz CT molecular complexity index is 282. The summed E-state index contributed by atoms with van der Waals surface area (Å²) in [5, 5.41) is 0. The second kappa shape index (κ2) is 10.2. The van der Waals surface area contributed by atoms with Crippen LogP contribution in [0.1, 0.15) is 26.2 Å². The maximum absolute atomic E-state index is 5.70. The second-order valence-corrected chi connectivity index (χ2v) is 5.84. The first-order valence-electron chi connectivity index (χ1n) is 7.86. The maximum Gasteiger partial charge on any atom is 0.0790 e. The van der Waals surface area contributed by atoms with Crippen LogP contribution in [-0.2, 0) is 4.74 Å². The average Bonchev–Trinajstić information content (AvgIpc) is 2.47. The fourth-order valence-electron chi connectivity index (χ4n) is 2.61. The summed E-state index contributed by atoms with van der Waals surface area (Å²) < 4.78 is 5.70. The first-order chi connectivity index (χ1) is 9.65. The zero-order chi connectivity index (χ0) is 14.8. The highest BCUT2D eigenvalue weighted by Crippen LogP contribution is 2.19. The molecular weight excluding hydrogens is 250 g/mol. The van der Waals surface area contributed by atoms with E-state index in [0.717, 1.165) is 38.8 Å². The highest BCUT2D eigenvalue weighted by molar-refractivity contribution is 4.97. The number of piperidine rings is 1. The van der Waals surface area contributed by atoms with Crippen molar-refractivity contribution in [2.45, 2.75) is 32.2 Å². The lowest BCUT2D eigenvalue weighted by Gasteiger charge is -2.31. The normalized spacial score (nSPS) is 19.1. The van der Waals surface area contributed by atoms with Crippen LogP contribution in [0.25, 0.3) is 0 Å². The molecule has 4 heteroatoms. The van der Waals surface area contributed by atoms with Crippen molar-refractivity contribution in [3.05, 3.63) is 0 Å². The van der Waals surface area contributed by atoms with Gasteiger partial charge >= 0.3 is 0 Å². The van der Waals surface area contributed by atoms with Crippen molar-refractivity contribution in [2.75, 3.05) is 53.0 Å². The van der Waals surface area contributed by atoms with Crippen LogP contribution in [0.3, 0.4) is 0 Å². The van der Waals surface area contributed by atoms with Gasteiger partial charge in [0, 0.05) is 19.6 Å². The van der Waals surface area contributed by atoms with Gasteiger partial charge in [0.2, 0.25) is 0 Å². The molecular formula is C16H31N3O. The zero-order valence-electron chi connectivity index (χ0n) is 13.2. The third kappa shape index (κ3) is 7.25. The van der Waals surface area contributed by atoms with E-state index in [1.807, 2.05) is 7.05 Å². The molecule has 4 nitrogen and oxygen atoms in total. The molecule has 0 bridgehead atoms. The molecule has 0 aromatic carbocycles. The summed E-state index contributed by atoms with van der Waals surface area (Å²) in [6, 6.07) is -0.181. The number of ether oxygens (including phenoxy) is 1. The molecule has 1 atom stereocenters. The molecule has 2 N–H and O–H groups in total. The predicted octanol–water partition coefficient (Wildman–Crippen LogP) is 1.02. The van der Waals surface area contributed by atoms with Crippen molar-refractivity contribution in [1.29, 1.82) is 0 Å². The van der Waals surface area contributed by atoms with E-state index in [1.54, 1.807) is 0 Å². The zero-order valence-corrected chi connectivity index (χ0v) is 13.2. The molecule has 0 aliphatic carbocycles. The third-order valence-corrected chi connectivity index (χ3v) is 4.18. The summed E-state index contributed by atoms with van der Waals surface area (Å²) in [5.41, 5.74) is 5.70. The third-order valence-electron chi connectivity index (χ3n) is 4.18. The van der Waals surface area contributed by atoms with E-state index in [1.165, 1.54) is 32.4 Å². The van der Waals surface area contributed by atoms with E-state index >= 15 is 0 Å². The first-order valence-corrected chi connectivity index (χ1v) is 7.86. The SMILES string of the molecule is C#CC(N)CN(C)CCOCCN1CCC(CC)CC1. The molecule has 1 aliphatic heterocycles. The molecule has 20 heavy (non-hydrogen) atoms. The molecule has 1 saturated heterocycles. The smallest absolute Gasteiger partial charge is 0.0790 e. The van der Waals surface area contributed by atoms with Crippen molar-refractivity contribution in [2.24, 2.45) is 11.7 Å².